The highest BCUT2D eigenvalue weighted by atomic mass is 32.2. The van der Waals surface area contributed by atoms with Crippen LogP contribution in [-0.2, 0) is 15.8 Å². The molecule has 2 atom stereocenters. The molecule has 3 rings (SSSR count). The number of alkyl halides is 1. The van der Waals surface area contributed by atoms with Crippen LogP contribution in [0.15, 0.2) is 22.8 Å². The number of piperidine rings is 1. The van der Waals surface area contributed by atoms with Crippen LogP contribution in [0.1, 0.15) is 12.0 Å². The second-order valence-electron chi connectivity index (χ2n) is 5.07. The van der Waals surface area contributed by atoms with Crippen molar-refractivity contribution in [3.8, 4) is 0 Å². The Bertz CT molecular complexity index is 748. The van der Waals surface area contributed by atoms with E-state index < -0.39 is 22.3 Å². The summed E-state index contributed by atoms with van der Waals surface area (Å²) in [5, 5.41) is 16.6. The summed E-state index contributed by atoms with van der Waals surface area (Å²) in [7, 11) is -3.64. The highest BCUT2D eigenvalue weighted by Gasteiger charge is 2.33. The zero-order valence-corrected chi connectivity index (χ0v) is 11.8. The third-order valence-corrected chi connectivity index (χ3v) is 5.35. The van der Waals surface area contributed by atoms with Gasteiger partial charge in [0.05, 0.1) is 11.9 Å². The number of hydrogen-bond acceptors (Lipinski definition) is 6. The van der Waals surface area contributed by atoms with Crippen molar-refractivity contribution in [3.05, 3.63) is 23.8 Å². The van der Waals surface area contributed by atoms with Crippen molar-refractivity contribution >= 4 is 21.1 Å². The number of sulfonamides is 1. The van der Waals surface area contributed by atoms with E-state index in [0.717, 1.165) is 4.31 Å². The quantitative estimate of drug-likeness (QED) is 0.884. The van der Waals surface area contributed by atoms with Crippen molar-refractivity contribution < 1.29 is 22.5 Å². The molecule has 114 valence electrons. The molecule has 1 aliphatic heterocycles. The molecule has 0 amide bonds. The smallest absolute Gasteiger partial charge is 0.218 e. The van der Waals surface area contributed by atoms with E-state index in [1.54, 1.807) is 18.2 Å². The van der Waals surface area contributed by atoms with Crippen molar-refractivity contribution in [2.75, 3.05) is 13.1 Å². The lowest BCUT2D eigenvalue weighted by Crippen LogP contribution is -2.47. The van der Waals surface area contributed by atoms with Crippen LogP contribution < -0.4 is 0 Å². The molecule has 21 heavy (non-hydrogen) atoms. The van der Waals surface area contributed by atoms with Gasteiger partial charge in [0.2, 0.25) is 10.0 Å². The molecule has 1 aromatic carbocycles. The van der Waals surface area contributed by atoms with Crippen molar-refractivity contribution in [2.24, 2.45) is 0 Å². The molecule has 1 fully saturated rings. The minimum Gasteiger partial charge on any atom is -0.390 e. The van der Waals surface area contributed by atoms with Crippen molar-refractivity contribution in [2.45, 2.75) is 24.4 Å². The summed E-state index contributed by atoms with van der Waals surface area (Å²) in [6.45, 7) is -0.186. The molecule has 0 spiro atoms. The Morgan fingerprint density at radius 2 is 2.14 bits per heavy atom. The first-order chi connectivity index (χ1) is 9.95. The molecule has 1 N–H and O–H groups in total. The second-order valence-corrected chi connectivity index (χ2v) is 7.04. The van der Waals surface area contributed by atoms with Gasteiger partial charge in [0.1, 0.15) is 17.2 Å². The van der Waals surface area contributed by atoms with Gasteiger partial charge in [-0.05, 0) is 34.4 Å². The van der Waals surface area contributed by atoms with E-state index in [1.807, 2.05) is 0 Å². The maximum atomic E-state index is 13.5. The van der Waals surface area contributed by atoms with Crippen LogP contribution in [0.25, 0.3) is 11.0 Å². The van der Waals surface area contributed by atoms with Gasteiger partial charge in [-0.2, -0.15) is 4.31 Å². The molecule has 0 radical (unpaired) electrons. The molecule has 9 heteroatoms. The maximum Gasteiger partial charge on any atom is 0.218 e. The van der Waals surface area contributed by atoms with E-state index in [0.29, 0.717) is 16.6 Å². The van der Waals surface area contributed by atoms with Crippen molar-refractivity contribution in [3.63, 3.8) is 0 Å². The number of nitrogens with zero attached hydrogens (tertiary/aromatic N) is 3. The van der Waals surface area contributed by atoms with Crippen LogP contribution >= 0.6 is 0 Å². The zero-order valence-electron chi connectivity index (χ0n) is 11.0. The molecule has 7 nitrogen and oxygen atoms in total. The van der Waals surface area contributed by atoms with Crippen LogP contribution in [0.5, 0.6) is 0 Å². The van der Waals surface area contributed by atoms with Crippen LogP contribution in [0, 0.1) is 0 Å². The fraction of sp³-hybridized carbons (Fsp3) is 0.500. The SMILES string of the molecule is O=S(=O)(Cc1ccc2nonc2c1)N1CCC(O)C(F)C1. The molecule has 2 unspecified atom stereocenters. The first kappa shape index (κ1) is 14.4. The monoisotopic (exact) mass is 315 g/mol. The normalized spacial score (nSPS) is 24.5. The van der Waals surface area contributed by atoms with E-state index >= 15 is 0 Å². The molecule has 0 aliphatic carbocycles. The summed E-state index contributed by atoms with van der Waals surface area (Å²) in [6, 6.07) is 4.82. The van der Waals surface area contributed by atoms with Crippen molar-refractivity contribution in [1.82, 2.24) is 14.6 Å². The maximum absolute atomic E-state index is 13.5. The van der Waals surface area contributed by atoms with E-state index in [9.17, 15) is 17.9 Å². The Morgan fingerprint density at radius 3 is 2.90 bits per heavy atom. The van der Waals surface area contributed by atoms with E-state index in [4.69, 9.17) is 0 Å². The largest absolute Gasteiger partial charge is 0.390 e. The lowest BCUT2D eigenvalue weighted by atomic mass is 10.1. The predicted molar refractivity (Wildman–Crippen MR) is 71.5 cm³/mol. The van der Waals surface area contributed by atoms with E-state index in [1.165, 1.54) is 0 Å². The van der Waals surface area contributed by atoms with Gasteiger partial charge in [-0.1, -0.05) is 6.07 Å². The third-order valence-electron chi connectivity index (χ3n) is 3.53. The van der Waals surface area contributed by atoms with Gasteiger partial charge in [0, 0.05) is 13.1 Å². The van der Waals surface area contributed by atoms with Gasteiger partial charge in [-0.3, -0.25) is 0 Å². The highest BCUT2D eigenvalue weighted by molar-refractivity contribution is 7.88. The highest BCUT2D eigenvalue weighted by Crippen LogP contribution is 2.21. The van der Waals surface area contributed by atoms with Gasteiger partial charge in [-0.25, -0.2) is 17.4 Å². The number of aliphatic hydroxyl groups excluding tert-OH is 1. The number of benzene rings is 1. The fourth-order valence-electron chi connectivity index (χ4n) is 2.34. The Balaban J connectivity index is 1.79. The lowest BCUT2D eigenvalue weighted by Gasteiger charge is -2.31. The first-order valence-electron chi connectivity index (χ1n) is 6.47. The molecule has 1 saturated heterocycles. The standard InChI is InChI=1S/C12H14FN3O4S/c13-9-6-16(4-3-12(9)17)21(18,19)7-8-1-2-10-11(5-8)15-20-14-10/h1-2,5,9,12,17H,3-4,6-7H2. The molecule has 0 saturated carbocycles. The number of hydrogen-bond donors (Lipinski definition) is 1. The Morgan fingerprint density at radius 1 is 1.38 bits per heavy atom. The summed E-state index contributed by atoms with van der Waals surface area (Å²) < 4.78 is 43.7. The lowest BCUT2D eigenvalue weighted by molar-refractivity contribution is 0.0303. The summed E-state index contributed by atoms with van der Waals surface area (Å²) in [5.74, 6) is -0.251. The van der Waals surface area contributed by atoms with Gasteiger partial charge >= 0.3 is 0 Å². The predicted octanol–water partition coefficient (Wildman–Crippen LogP) is 0.457. The summed E-state index contributed by atoms with van der Waals surface area (Å²) >= 11 is 0. The van der Waals surface area contributed by atoms with Crippen LogP contribution in [0.4, 0.5) is 4.39 Å². The molecular weight excluding hydrogens is 301 g/mol. The molecule has 2 heterocycles. The Labute approximate surface area is 120 Å². The third kappa shape index (κ3) is 2.89. The fourth-order valence-corrected chi connectivity index (χ4v) is 3.87. The number of halogens is 1. The van der Waals surface area contributed by atoms with Crippen LogP contribution in [-0.4, -0.2) is 53.5 Å². The number of aliphatic hydroxyl groups is 1. The molecule has 0 bridgehead atoms. The van der Waals surface area contributed by atoms with Gasteiger partial charge in [-0.15, -0.1) is 0 Å². The molecule has 1 aliphatic rings. The average Bonchev–Trinajstić information content (AvgIpc) is 2.88. The van der Waals surface area contributed by atoms with Crippen LogP contribution in [0.3, 0.4) is 0 Å². The van der Waals surface area contributed by atoms with Gasteiger partial charge < -0.3 is 5.11 Å². The zero-order chi connectivity index (χ0) is 15.0. The number of aromatic nitrogens is 2. The molecule has 1 aromatic heterocycles. The minimum atomic E-state index is -3.64. The van der Waals surface area contributed by atoms with Gasteiger partial charge in [0.25, 0.3) is 0 Å². The average molecular weight is 315 g/mol. The molecule has 2 aromatic rings. The first-order valence-corrected chi connectivity index (χ1v) is 8.08. The Kier molecular flexibility index (Phi) is 3.64. The van der Waals surface area contributed by atoms with Crippen LogP contribution in [0.2, 0.25) is 0 Å². The second kappa shape index (κ2) is 5.32. The molecular formula is C12H14FN3O4S. The summed E-state index contributed by atoms with van der Waals surface area (Å²) in [4.78, 5) is 0. The van der Waals surface area contributed by atoms with E-state index in [-0.39, 0.29) is 25.3 Å². The Hall–Kier alpha value is -1.58. The summed E-state index contributed by atoms with van der Waals surface area (Å²) in [5.41, 5.74) is 1.54. The number of rotatable bonds is 3. The minimum absolute atomic E-state index is 0.104. The van der Waals surface area contributed by atoms with E-state index in [2.05, 4.69) is 14.9 Å². The van der Waals surface area contributed by atoms with Crippen molar-refractivity contribution in [1.29, 1.82) is 0 Å². The van der Waals surface area contributed by atoms with Gasteiger partial charge in [0.15, 0.2) is 0 Å². The summed E-state index contributed by atoms with van der Waals surface area (Å²) in [6.07, 6.45) is -2.53. The number of fused-ring (bicyclic) bond motifs is 1. The topological polar surface area (TPSA) is 96.5 Å².